The molecule has 0 saturated carbocycles. The number of imidazole rings is 1. The Morgan fingerprint density at radius 2 is 1.05 bits per heavy atom. The Balaban J connectivity index is 0.00000154. The van der Waals surface area contributed by atoms with Crippen LogP contribution in [0.4, 0.5) is 22.9 Å². The Labute approximate surface area is 430 Å². The molecule has 34 heteroatoms. The Bertz CT molecular complexity index is 2190. The minimum Gasteiger partial charge on any atom is -0.790 e. The van der Waals surface area contributed by atoms with Crippen LogP contribution in [0.25, 0.3) is 11.2 Å². The summed E-state index contributed by atoms with van der Waals surface area (Å²) in [6.07, 6.45) is -6.04. The van der Waals surface area contributed by atoms with Crippen molar-refractivity contribution in [2.24, 2.45) is 0 Å². The van der Waals surface area contributed by atoms with Crippen molar-refractivity contribution in [2.75, 3.05) is 90.9 Å². The van der Waals surface area contributed by atoms with Crippen molar-refractivity contribution >= 4 is 57.5 Å². The molecule has 0 spiro atoms. The number of aliphatic hydroxyl groups excluding tert-OH is 1. The molecule has 1 fully saturated rings. The number of nitrogen functional groups attached to an aromatic ring is 1. The second-order valence-corrected chi connectivity index (χ2v) is 20.1. The number of nitrogens with two attached hydrogens (primary N) is 1. The Kier molecular flexibility index (Phi) is 32.4. The third-order valence-corrected chi connectivity index (χ3v) is 15.3. The smallest absolute Gasteiger partial charge is 0.325 e. The van der Waals surface area contributed by atoms with Crippen LogP contribution in [0.15, 0.2) is 24.8 Å². The van der Waals surface area contributed by atoms with E-state index in [2.05, 4.69) is 111 Å². The van der Waals surface area contributed by atoms with Crippen LogP contribution in [-0.2, 0) is 31.6 Å². The molecule has 0 aliphatic carbocycles. The molecule has 0 bridgehead atoms. The van der Waals surface area contributed by atoms with Crippen LogP contribution in [0.3, 0.4) is 0 Å². The van der Waals surface area contributed by atoms with Gasteiger partial charge in [-0.1, -0.05) is 0 Å². The van der Waals surface area contributed by atoms with E-state index in [9.17, 15) is 68.7 Å². The number of nitro benzene ring substituents is 3. The first kappa shape index (κ1) is 69.7. The first-order valence-electron chi connectivity index (χ1n) is 24.2. The number of phosphoric acid groups is 3. The zero-order valence-electron chi connectivity index (χ0n) is 44.2. The third-order valence-electron chi connectivity index (χ3n) is 11.7. The molecule has 1 saturated heterocycles. The van der Waals surface area contributed by atoms with E-state index in [1.807, 2.05) is 0 Å². The highest BCUT2D eigenvalue weighted by molar-refractivity contribution is 7.64. The van der Waals surface area contributed by atoms with E-state index in [-0.39, 0.29) is 29.1 Å². The van der Waals surface area contributed by atoms with Gasteiger partial charge in [0.15, 0.2) is 23.8 Å². The van der Waals surface area contributed by atoms with Gasteiger partial charge in [0.25, 0.3) is 27.1 Å². The molecule has 3 heterocycles. The standard InChI is InChI=1S/C16H17N8O19P3.4C6H15N/c17-14-10-15(19-4-18-14)21(5-20-10)16-11(25)13(9(40-16)3-39-45(35,36)43-46(37,38)42-44(32,33)34)41-12-7(23(28)29)1-6(22(26)27)2-8(12)24(30)31;4*1-4-7(5-2)6-3/h1-2,4-5,9,11,13,16,25H,3H2,(H,35,36)(H,37,38)(H2,17,18,19)(H2,32,33,34);4*4-6H2,1-3H3/t9-,11-,13-,16-;;;;/m1..../s1. The summed E-state index contributed by atoms with van der Waals surface area (Å²) >= 11 is 0. The molecular weight excluding hydrogens is 1050 g/mol. The number of nitrogens with one attached hydrogen (secondary N) is 4. The van der Waals surface area contributed by atoms with Gasteiger partial charge in [-0.15, -0.1) is 0 Å². The minimum atomic E-state index is -6.41. The van der Waals surface area contributed by atoms with E-state index in [0.717, 1.165) is 17.2 Å². The largest absolute Gasteiger partial charge is 0.790 e. The first-order chi connectivity index (χ1) is 34.6. The molecule has 1 aliphatic rings. The van der Waals surface area contributed by atoms with Gasteiger partial charge in [0, 0.05) is 0 Å². The number of benzene rings is 1. The second-order valence-electron chi connectivity index (χ2n) is 15.8. The van der Waals surface area contributed by atoms with E-state index in [1.54, 1.807) is 19.6 Å². The zero-order valence-corrected chi connectivity index (χ0v) is 46.8. The number of hydrogen-bond donors (Lipinski definition) is 6. The summed E-state index contributed by atoms with van der Waals surface area (Å²) in [6, 6.07) is 0.569. The van der Waals surface area contributed by atoms with Crippen molar-refractivity contribution in [3.8, 4) is 5.75 Å². The molecule has 4 rings (SSSR count). The average molecular weight is 1120 g/mol. The maximum atomic E-state index is 12.1. The number of anilines is 1. The molecule has 31 nitrogen and oxygen atoms in total. The van der Waals surface area contributed by atoms with Crippen LogP contribution in [0.2, 0.25) is 0 Å². The van der Waals surface area contributed by atoms with Gasteiger partial charge in [0.05, 0.1) is 126 Å². The quantitative estimate of drug-likeness (QED) is 0.0287. The molecule has 3 aromatic rings. The van der Waals surface area contributed by atoms with Gasteiger partial charge in [-0.25, -0.2) is 19.3 Å². The number of rotatable bonds is 25. The molecule has 2 aromatic heterocycles. The molecule has 74 heavy (non-hydrogen) atoms. The van der Waals surface area contributed by atoms with Gasteiger partial charge < -0.3 is 68.6 Å². The number of quaternary nitrogens is 4. The molecule has 6 atom stereocenters. The van der Waals surface area contributed by atoms with E-state index in [0.29, 0.717) is 0 Å². The summed E-state index contributed by atoms with van der Waals surface area (Å²) < 4.78 is 57.0. The Hall–Kier alpha value is -4.26. The summed E-state index contributed by atoms with van der Waals surface area (Å²) in [5.74, 6) is -1.43. The van der Waals surface area contributed by atoms with Gasteiger partial charge in [-0.3, -0.25) is 48.4 Å². The van der Waals surface area contributed by atoms with E-state index < -0.39 is 92.2 Å². The average Bonchev–Trinajstić information content (AvgIpc) is 3.90. The van der Waals surface area contributed by atoms with Gasteiger partial charge in [0.1, 0.15) is 24.1 Å². The number of fused-ring (bicyclic) bond motifs is 1. The van der Waals surface area contributed by atoms with Crippen molar-refractivity contribution in [3.05, 3.63) is 55.1 Å². The third kappa shape index (κ3) is 23.7. The number of nitro groups is 3. The van der Waals surface area contributed by atoms with Crippen molar-refractivity contribution < 1.29 is 95.4 Å². The van der Waals surface area contributed by atoms with Crippen molar-refractivity contribution in [1.29, 1.82) is 0 Å². The molecule has 0 amide bonds. The first-order valence-corrected chi connectivity index (χ1v) is 28.6. The number of aliphatic hydroxyl groups is 1. The maximum Gasteiger partial charge on any atom is 0.325 e. The van der Waals surface area contributed by atoms with Crippen LogP contribution in [0, 0.1) is 30.3 Å². The highest BCUT2D eigenvalue weighted by Crippen LogP contribution is 2.60. The van der Waals surface area contributed by atoms with Crippen LogP contribution in [-0.4, -0.2) is 143 Å². The fourth-order valence-electron chi connectivity index (χ4n) is 6.95. The summed E-state index contributed by atoms with van der Waals surface area (Å²) in [4.78, 5) is 93.9. The summed E-state index contributed by atoms with van der Waals surface area (Å²) in [6.45, 7) is 40.5. The highest BCUT2D eigenvalue weighted by Gasteiger charge is 2.49. The minimum absolute atomic E-state index is 0.0465. The highest BCUT2D eigenvalue weighted by atomic mass is 31.3. The fourth-order valence-corrected chi connectivity index (χ4v) is 9.82. The number of nitrogens with zero attached hydrogens (tertiary/aromatic N) is 7. The lowest BCUT2D eigenvalue weighted by molar-refractivity contribution is -0.894. The molecular formula is C40H77N12O19P3. The summed E-state index contributed by atoms with van der Waals surface area (Å²) in [7, 11) is -18.9. The number of ether oxygens (including phenoxy) is 2. The van der Waals surface area contributed by atoms with Gasteiger partial charge >= 0.3 is 11.4 Å². The summed E-state index contributed by atoms with van der Waals surface area (Å²) in [5.41, 5.74) is 1.74. The van der Waals surface area contributed by atoms with Crippen molar-refractivity contribution in [1.82, 2.24) is 19.5 Å². The van der Waals surface area contributed by atoms with E-state index >= 15 is 0 Å². The zero-order chi connectivity index (χ0) is 57.1. The predicted molar refractivity (Wildman–Crippen MR) is 262 cm³/mol. The molecule has 2 unspecified atom stereocenters. The van der Waals surface area contributed by atoms with Crippen LogP contribution in [0.1, 0.15) is 89.3 Å². The molecule has 7 N–H and O–H groups in total. The lowest BCUT2D eigenvalue weighted by atomic mass is 10.1. The normalized spacial score (nSPS) is 18.0. The van der Waals surface area contributed by atoms with Crippen LogP contribution in [0.5, 0.6) is 5.75 Å². The SMILES string of the molecule is CC[NH+](CC)CC.CC[NH+](CC)CC.CC[NH+](CC)CC.CC[NH+](CC)CC.Nc1ncnc2c1ncn2[C@@H]1O[C@H](COP(=O)([O-])OP(=O)([O-])OP(=O)([O-])[O-])[C@@H](Oc2c([N+](=O)[O-])cc([N+](=O)[O-])cc2[N+](=O)[O-])[C@H]1O. The van der Waals surface area contributed by atoms with Crippen LogP contribution >= 0.6 is 23.5 Å². The maximum absolute atomic E-state index is 12.1. The fraction of sp³-hybridized carbons (Fsp3) is 0.725. The molecule has 426 valence electrons. The Morgan fingerprint density at radius 3 is 1.39 bits per heavy atom. The Morgan fingerprint density at radius 1 is 0.649 bits per heavy atom. The molecule has 1 aliphatic heterocycles. The number of aromatic nitrogens is 4. The second kappa shape index (κ2) is 34.4. The van der Waals surface area contributed by atoms with E-state index in [4.69, 9.17) is 15.2 Å². The van der Waals surface area contributed by atoms with Crippen molar-refractivity contribution in [3.63, 3.8) is 0 Å². The van der Waals surface area contributed by atoms with Gasteiger partial charge in [-0.05, 0) is 83.1 Å². The number of non-ortho nitro benzene ring substituents is 1. The lowest BCUT2D eigenvalue weighted by Gasteiger charge is -2.37. The summed E-state index contributed by atoms with van der Waals surface area (Å²) in [5, 5.41) is 45.8. The van der Waals surface area contributed by atoms with Crippen molar-refractivity contribution in [2.45, 2.75) is 108 Å². The topological polar surface area (TPSA) is 427 Å². The van der Waals surface area contributed by atoms with Gasteiger partial charge in [0.2, 0.25) is 0 Å². The van der Waals surface area contributed by atoms with Crippen LogP contribution < -0.4 is 49.6 Å². The number of phosphoric ester groups is 1. The predicted octanol–water partition coefficient (Wildman–Crippen LogP) is -2.62. The van der Waals surface area contributed by atoms with E-state index in [1.165, 1.54) is 78.5 Å². The lowest BCUT2D eigenvalue weighted by Crippen LogP contribution is -3.11. The molecule has 0 radical (unpaired) electrons. The molecule has 1 aromatic carbocycles. The van der Waals surface area contributed by atoms with Gasteiger partial charge in [-0.2, -0.15) is 0 Å². The number of hydrogen-bond acceptors (Lipinski definition) is 23. The monoisotopic (exact) mass is 1120 g/mol.